The lowest BCUT2D eigenvalue weighted by Gasteiger charge is -2.17. The average molecular weight is 304 g/mol. The molecule has 1 aliphatic rings. The van der Waals surface area contributed by atoms with E-state index >= 15 is 0 Å². The summed E-state index contributed by atoms with van der Waals surface area (Å²) in [7, 11) is 1.62. The highest BCUT2D eigenvalue weighted by Gasteiger charge is 2.35. The van der Waals surface area contributed by atoms with Crippen molar-refractivity contribution in [2.24, 2.45) is 0 Å². The molecule has 2 unspecified atom stereocenters. The molecule has 3 rings (SSSR count). The molecule has 0 bridgehead atoms. The third-order valence-electron chi connectivity index (χ3n) is 3.80. The lowest BCUT2D eigenvalue weighted by molar-refractivity contribution is 0.0284. The highest BCUT2D eigenvalue weighted by Crippen LogP contribution is 2.45. The number of halogens is 1. The zero-order chi connectivity index (χ0) is 14.8. The minimum absolute atomic E-state index is 0.00355. The lowest BCUT2D eigenvalue weighted by Crippen LogP contribution is -2.29. The van der Waals surface area contributed by atoms with Crippen molar-refractivity contribution in [1.29, 1.82) is 0 Å². The fourth-order valence-corrected chi connectivity index (χ4v) is 3.04. The molecular weight excluding hydrogens is 286 g/mol. The lowest BCUT2D eigenvalue weighted by atomic mass is 9.97. The van der Waals surface area contributed by atoms with Crippen LogP contribution in [0.4, 0.5) is 0 Å². The van der Waals surface area contributed by atoms with Crippen molar-refractivity contribution in [1.82, 2.24) is 5.48 Å². The van der Waals surface area contributed by atoms with E-state index in [0.29, 0.717) is 5.02 Å². The fraction of sp³-hybridized carbons (Fsp3) is 0.294. The number of hydroxylamine groups is 1. The summed E-state index contributed by atoms with van der Waals surface area (Å²) in [5, 5.41) is 0.644. The van der Waals surface area contributed by atoms with Crippen LogP contribution in [-0.2, 0) is 4.84 Å². The number of ether oxygens (including phenoxy) is 1. The summed E-state index contributed by atoms with van der Waals surface area (Å²) < 4.78 is 5.97. The van der Waals surface area contributed by atoms with E-state index in [9.17, 15) is 0 Å². The minimum Gasteiger partial charge on any atom is -0.486 e. The molecule has 4 heteroatoms. The summed E-state index contributed by atoms with van der Waals surface area (Å²) in [6.07, 6.45) is 0.913. The van der Waals surface area contributed by atoms with Gasteiger partial charge >= 0.3 is 0 Å². The Hall–Kier alpha value is -1.55. The van der Waals surface area contributed by atoms with E-state index < -0.39 is 0 Å². The van der Waals surface area contributed by atoms with Gasteiger partial charge in [-0.3, -0.25) is 0 Å². The number of nitrogens with one attached hydrogen (secondary N) is 1. The van der Waals surface area contributed by atoms with Crippen LogP contribution in [0.2, 0.25) is 5.02 Å². The molecule has 21 heavy (non-hydrogen) atoms. The number of hydrogen-bond donors (Lipinski definition) is 1. The molecule has 110 valence electrons. The van der Waals surface area contributed by atoms with Crippen LogP contribution in [0, 0.1) is 0 Å². The van der Waals surface area contributed by atoms with E-state index in [0.717, 1.165) is 28.9 Å². The van der Waals surface area contributed by atoms with Crippen LogP contribution >= 0.6 is 11.6 Å². The van der Waals surface area contributed by atoms with E-state index in [2.05, 4.69) is 30.6 Å². The molecule has 2 aromatic carbocycles. The first-order valence-corrected chi connectivity index (χ1v) is 7.46. The van der Waals surface area contributed by atoms with Gasteiger partial charge in [0, 0.05) is 5.56 Å². The van der Waals surface area contributed by atoms with E-state index in [1.54, 1.807) is 7.11 Å². The van der Waals surface area contributed by atoms with Crippen LogP contribution < -0.4 is 10.2 Å². The maximum Gasteiger partial charge on any atom is 0.143 e. The molecule has 0 spiro atoms. The van der Waals surface area contributed by atoms with Gasteiger partial charge in [-0.05, 0) is 29.7 Å². The SMILES string of the molecule is CCC1Oc2c(Cl)cc(-c3ccccc3)cc2C1NOC. The third kappa shape index (κ3) is 2.64. The highest BCUT2D eigenvalue weighted by molar-refractivity contribution is 6.32. The van der Waals surface area contributed by atoms with Gasteiger partial charge in [0.1, 0.15) is 11.9 Å². The molecule has 0 amide bonds. The Morgan fingerprint density at radius 1 is 1.19 bits per heavy atom. The monoisotopic (exact) mass is 303 g/mol. The maximum atomic E-state index is 6.42. The van der Waals surface area contributed by atoms with Crippen LogP contribution in [-0.4, -0.2) is 13.2 Å². The van der Waals surface area contributed by atoms with Gasteiger partial charge in [0.15, 0.2) is 0 Å². The summed E-state index contributed by atoms with van der Waals surface area (Å²) >= 11 is 6.42. The van der Waals surface area contributed by atoms with Crippen molar-refractivity contribution in [2.45, 2.75) is 25.5 Å². The van der Waals surface area contributed by atoms with Gasteiger partial charge in [0.2, 0.25) is 0 Å². The highest BCUT2D eigenvalue weighted by atomic mass is 35.5. The summed E-state index contributed by atoms with van der Waals surface area (Å²) in [6, 6.07) is 14.3. The van der Waals surface area contributed by atoms with Gasteiger partial charge in [-0.15, -0.1) is 0 Å². The summed E-state index contributed by atoms with van der Waals surface area (Å²) in [6.45, 7) is 2.09. The van der Waals surface area contributed by atoms with Gasteiger partial charge < -0.3 is 9.57 Å². The predicted molar refractivity (Wildman–Crippen MR) is 84.5 cm³/mol. The smallest absolute Gasteiger partial charge is 0.143 e. The second kappa shape index (κ2) is 6.06. The predicted octanol–water partition coefficient (Wildman–Crippen LogP) is 4.37. The molecule has 0 aromatic heterocycles. The topological polar surface area (TPSA) is 30.5 Å². The van der Waals surface area contributed by atoms with Crippen molar-refractivity contribution >= 4 is 11.6 Å². The van der Waals surface area contributed by atoms with E-state index in [-0.39, 0.29) is 12.1 Å². The Balaban J connectivity index is 2.06. The zero-order valence-corrected chi connectivity index (χ0v) is 12.9. The number of hydrogen-bond acceptors (Lipinski definition) is 3. The molecule has 3 nitrogen and oxygen atoms in total. The van der Waals surface area contributed by atoms with Crippen LogP contribution in [0.15, 0.2) is 42.5 Å². The van der Waals surface area contributed by atoms with Gasteiger partial charge in [0.05, 0.1) is 18.2 Å². The quantitative estimate of drug-likeness (QED) is 0.851. The second-order valence-electron chi connectivity index (χ2n) is 5.11. The molecule has 2 atom stereocenters. The van der Waals surface area contributed by atoms with E-state index in [4.69, 9.17) is 21.2 Å². The summed E-state index contributed by atoms with van der Waals surface area (Å²) in [4.78, 5) is 5.13. The third-order valence-corrected chi connectivity index (χ3v) is 4.08. The molecule has 0 saturated heterocycles. The number of benzene rings is 2. The fourth-order valence-electron chi connectivity index (χ4n) is 2.77. The van der Waals surface area contributed by atoms with Crippen LogP contribution in [0.3, 0.4) is 0 Å². The van der Waals surface area contributed by atoms with Gasteiger partial charge in [-0.2, -0.15) is 5.48 Å². The molecular formula is C17H18ClNO2. The van der Waals surface area contributed by atoms with Gasteiger partial charge in [-0.25, -0.2) is 0 Å². The van der Waals surface area contributed by atoms with Crippen LogP contribution in [0.1, 0.15) is 24.9 Å². The van der Waals surface area contributed by atoms with Crippen LogP contribution in [0.25, 0.3) is 11.1 Å². The molecule has 0 aliphatic carbocycles. The molecule has 1 N–H and O–H groups in total. The Labute approximate surface area is 129 Å². The van der Waals surface area contributed by atoms with Crippen molar-refractivity contribution in [3.8, 4) is 16.9 Å². The second-order valence-corrected chi connectivity index (χ2v) is 5.51. The molecule has 1 heterocycles. The zero-order valence-electron chi connectivity index (χ0n) is 12.1. The van der Waals surface area contributed by atoms with Crippen molar-refractivity contribution in [3.05, 3.63) is 53.1 Å². The number of fused-ring (bicyclic) bond motifs is 1. The first-order chi connectivity index (χ1) is 10.2. The molecule has 0 fully saturated rings. The average Bonchev–Trinajstić information content (AvgIpc) is 2.87. The van der Waals surface area contributed by atoms with Crippen molar-refractivity contribution in [2.75, 3.05) is 7.11 Å². The Morgan fingerprint density at radius 3 is 2.62 bits per heavy atom. The normalized spacial score (nSPS) is 20.1. The van der Waals surface area contributed by atoms with Crippen molar-refractivity contribution in [3.63, 3.8) is 0 Å². The van der Waals surface area contributed by atoms with Gasteiger partial charge in [-0.1, -0.05) is 48.9 Å². The molecule has 1 aliphatic heterocycles. The maximum absolute atomic E-state index is 6.42. The minimum atomic E-state index is -0.00355. The van der Waals surface area contributed by atoms with E-state index in [1.807, 2.05) is 24.3 Å². The van der Waals surface area contributed by atoms with E-state index in [1.165, 1.54) is 0 Å². The summed E-state index contributed by atoms with van der Waals surface area (Å²) in [5.74, 6) is 0.762. The Bertz CT molecular complexity index is 630. The van der Waals surface area contributed by atoms with Gasteiger partial charge in [0.25, 0.3) is 0 Å². The molecule has 2 aromatic rings. The molecule has 0 saturated carbocycles. The summed E-state index contributed by atoms with van der Waals surface area (Å²) in [5.41, 5.74) is 6.30. The number of rotatable bonds is 4. The van der Waals surface area contributed by atoms with Crippen molar-refractivity contribution < 1.29 is 9.57 Å². The Morgan fingerprint density at radius 2 is 1.95 bits per heavy atom. The largest absolute Gasteiger partial charge is 0.486 e. The first-order valence-electron chi connectivity index (χ1n) is 7.08. The first kappa shape index (κ1) is 14.4. The standard InChI is InChI=1S/C17H18ClNO2/c1-3-15-16(19-20-2)13-9-12(10-14(18)17(13)21-15)11-7-5-4-6-8-11/h4-10,15-16,19H,3H2,1-2H3. The van der Waals surface area contributed by atoms with Crippen LogP contribution in [0.5, 0.6) is 5.75 Å². The Kier molecular flexibility index (Phi) is 4.15. The molecule has 0 radical (unpaired) electrons.